The zero-order valence-electron chi connectivity index (χ0n) is 14.0. The van der Waals surface area contributed by atoms with Gasteiger partial charge in [-0.3, -0.25) is 4.79 Å². The van der Waals surface area contributed by atoms with E-state index in [-0.39, 0.29) is 6.04 Å². The number of fused-ring (bicyclic) bond motifs is 4. The third kappa shape index (κ3) is 2.21. The van der Waals surface area contributed by atoms with E-state index >= 15 is 0 Å². The zero-order valence-corrected chi connectivity index (χ0v) is 14.0. The van der Waals surface area contributed by atoms with Crippen molar-refractivity contribution < 1.29 is 4.79 Å². The fourth-order valence-corrected chi connectivity index (χ4v) is 4.41. The van der Waals surface area contributed by atoms with E-state index in [0.717, 1.165) is 25.8 Å². The van der Waals surface area contributed by atoms with E-state index in [1.165, 1.54) is 22.2 Å². The van der Waals surface area contributed by atoms with Crippen molar-refractivity contribution in [1.29, 1.82) is 0 Å². The number of amides is 1. The second kappa shape index (κ2) is 5.55. The Balaban J connectivity index is 1.83. The first-order valence-corrected chi connectivity index (χ1v) is 8.74. The number of nitrogens with zero attached hydrogens (tertiary/aromatic N) is 2. The number of rotatable bonds is 1. The minimum absolute atomic E-state index is 0.271. The monoisotopic (exact) mass is 308 g/mol. The lowest BCUT2D eigenvalue weighted by atomic mass is 9.85. The molecule has 23 heavy (non-hydrogen) atoms. The fourth-order valence-electron chi connectivity index (χ4n) is 4.41. The molecule has 0 bridgehead atoms. The first-order chi connectivity index (χ1) is 11.2. The number of piperidine rings is 1. The molecule has 2 atom stereocenters. The van der Waals surface area contributed by atoms with E-state index in [9.17, 15) is 4.79 Å². The van der Waals surface area contributed by atoms with Gasteiger partial charge in [-0.25, -0.2) is 0 Å². The Morgan fingerprint density at radius 2 is 2.04 bits per heavy atom. The molecular formula is C20H24N2O. The predicted molar refractivity (Wildman–Crippen MR) is 94.2 cm³/mol. The summed E-state index contributed by atoms with van der Waals surface area (Å²) in [5, 5.41) is 1.32. The maximum Gasteiger partial charge on any atom is 0.223 e. The molecule has 0 radical (unpaired) electrons. The highest BCUT2D eigenvalue weighted by atomic mass is 16.2. The van der Waals surface area contributed by atoms with Crippen LogP contribution in [0.15, 0.2) is 30.3 Å². The summed E-state index contributed by atoms with van der Waals surface area (Å²) >= 11 is 0. The van der Waals surface area contributed by atoms with Crippen molar-refractivity contribution in [2.45, 2.75) is 38.6 Å². The molecule has 120 valence electrons. The number of para-hydroxylation sites is 1. The van der Waals surface area contributed by atoms with Crippen molar-refractivity contribution in [1.82, 2.24) is 9.47 Å². The van der Waals surface area contributed by atoms with Crippen LogP contribution in [0.1, 0.15) is 37.4 Å². The van der Waals surface area contributed by atoms with Crippen LogP contribution in [0.5, 0.6) is 0 Å². The van der Waals surface area contributed by atoms with Gasteiger partial charge in [-0.1, -0.05) is 37.6 Å². The lowest BCUT2D eigenvalue weighted by Gasteiger charge is -2.40. The van der Waals surface area contributed by atoms with Crippen LogP contribution in [-0.2, 0) is 18.3 Å². The number of aryl methyl sites for hydroxylation is 1. The minimum Gasteiger partial charge on any atom is -0.344 e. The Morgan fingerprint density at radius 3 is 2.87 bits per heavy atom. The largest absolute Gasteiger partial charge is 0.344 e. The van der Waals surface area contributed by atoms with Crippen LogP contribution in [0.2, 0.25) is 0 Å². The Hall–Kier alpha value is -2.03. The third-order valence-corrected chi connectivity index (χ3v) is 5.73. The number of carbonyl (C=O) groups excluding carboxylic acids is 1. The minimum atomic E-state index is 0.271. The molecule has 1 amide bonds. The molecule has 2 aromatic rings. The summed E-state index contributed by atoms with van der Waals surface area (Å²) < 4.78 is 2.29. The molecule has 3 nitrogen and oxygen atoms in total. The van der Waals surface area contributed by atoms with Crippen LogP contribution in [0.4, 0.5) is 0 Å². The number of hydrogen-bond acceptors (Lipinski definition) is 1. The predicted octanol–water partition coefficient (Wildman–Crippen LogP) is 3.76. The van der Waals surface area contributed by atoms with Gasteiger partial charge in [0.25, 0.3) is 0 Å². The van der Waals surface area contributed by atoms with Crippen LogP contribution in [0.25, 0.3) is 17.0 Å². The molecule has 2 aliphatic heterocycles. The average molecular weight is 308 g/mol. The summed E-state index contributed by atoms with van der Waals surface area (Å²) in [6.07, 6.45) is 8.37. The molecule has 0 saturated carbocycles. The summed E-state index contributed by atoms with van der Waals surface area (Å²) in [6.45, 7) is 3.08. The molecule has 2 aliphatic rings. The van der Waals surface area contributed by atoms with E-state index in [0.29, 0.717) is 18.2 Å². The van der Waals surface area contributed by atoms with Gasteiger partial charge in [-0.2, -0.15) is 0 Å². The van der Waals surface area contributed by atoms with Gasteiger partial charge < -0.3 is 9.47 Å². The molecule has 0 unspecified atom stereocenters. The summed E-state index contributed by atoms with van der Waals surface area (Å²) in [6, 6.07) is 8.86. The third-order valence-electron chi connectivity index (χ3n) is 5.73. The molecule has 1 aromatic heterocycles. The van der Waals surface area contributed by atoms with Crippen LogP contribution in [0, 0.1) is 5.92 Å². The molecule has 4 rings (SSSR count). The maximum absolute atomic E-state index is 12.4. The summed E-state index contributed by atoms with van der Waals surface area (Å²) in [5.41, 5.74) is 3.96. The second-order valence-electron chi connectivity index (χ2n) is 6.83. The molecule has 0 N–H and O–H groups in total. The van der Waals surface area contributed by atoms with Gasteiger partial charge in [0, 0.05) is 36.6 Å². The quantitative estimate of drug-likeness (QED) is 0.787. The van der Waals surface area contributed by atoms with Crippen LogP contribution < -0.4 is 0 Å². The highest BCUT2D eigenvalue weighted by Gasteiger charge is 2.34. The smallest absolute Gasteiger partial charge is 0.223 e. The van der Waals surface area contributed by atoms with Gasteiger partial charge in [0.2, 0.25) is 5.91 Å². The van der Waals surface area contributed by atoms with Crippen LogP contribution in [0.3, 0.4) is 0 Å². The SMILES string of the molecule is CC[C@H]1CCC(=O)N2CCc3c(n(C)c4ccccc34)/C=C\[C@@H]12. The highest BCUT2D eigenvalue weighted by Crippen LogP contribution is 2.33. The van der Waals surface area contributed by atoms with Gasteiger partial charge in [0.05, 0.1) is 6.04 Å². The standard InChI is InChI=1S/C20H24N2O/c1-3-14-8-11-20(23)22-13-12-16-15-6-4-5-7-18(15)21(2)19(16)10-9-17(14)22/h4-7,9-10,14,17H,3,8,11-13H2,1-2H3/b10-9-/t14-,17-/m0/s1. The van der Waals surface area contributed by atoms with Crippen molar-refractivity contribution >= 4 is 22.9 Å². The summed E-state index contributed by atoms with van der Waals surface area (Å²) in [5.74, 6) is 0.924. The first kappa shape index (κ1) is 14.6. The second-order valence-corrected chi connectivity index (χ2v) is 6.83. The molecular weight excluding hydrogens is 284 g/mol. The first-order valence-electron chi connectivity index (χ1n) is 8.74. The summed E-state index contributed by atoms with van der Waals surface area (Å²) in [7, 11) is 2.15. The lowest BCUT2D eigenvalue weighted by molar-refractivity contribution is -0.137. The van der Waals surface area contributed by atoms with Gasteiger partial charge in [-0.15, -0.1) is 0 Å². The average Bonchev–Trinajstić information content (AvgIpc) is 2.81. The maximum atomic E-state index is 12.4. The van der Waals surface area contributed by atoms with Crippen molar-refractivity contribution in [3.05, 3.63) is 41.6 Å². The van der Waals surface area contributed by atoms with Gasteiger partial charge in [0.15, 0.2) is 0 Å². The topological polar surface area (TPSA) is 25.2 Å². The summed E-state index contributed by atoms with van der Waals surface area (Å²) in [4.78, 5) is 14.5. The van der Waals surface area contributed by atoms with E-state index in [1.54, 1.807) is 0 Å². The van der Waals surface area contributed by atoms with Gasteiger partial charge in [0.1, 0.15) is 0 Å². The lowest BCUT2D eigenvalue weighted by Crippen LogP contribution is -2.48. The Bertz CT molecular complexity index is 786. The number of aromatic nitrogens is 1. The van der Waals surface area contributed by atoms with Crippen molar-refractivity contribution in [3.63, 3.8) is 0 Å². The number of benzene rings is 1. The van der Waals surface area contributed by atoms with E-state index in [4.69, 9.17) is 0 Å². The van der Waals surface area contributed by atoms with Crippen molar-refractivity contribution in [3.8, 4) is 0 Å². The van der Waals surface area contributed by atoms with Gasteiger partial charge >= 0.3 is 0 Å². The molecule has 0 spiro atoms. The van der Waals surface area contributed by atoms with E-state index in [1.807, 2.05) is 0 Å². The molecule has 3 heterocycles. The molecule has 0 aliphatic carbocycles. The number of hydrogen-bond donors (Lipinski definition) is 0. The molecule has 1 aromatic carbocycles. The molecule has 3 heteroatoms. The number of carbonyl (C=O) groups is 1. The fraction of sp³-hybridized carbons (Fsp3) is 0.450. The Morgan fingerprint density at radius 1 is 1.22 bits per heavy atom. The van der Waals surface area contributed by atoms with Gasteiger partial charge in [-0.05, 0) is 36.5 Å². The Kier molecular flexibility index (Phi) is 3.51. The van der Waals surface area contributed by atoms with E-state index < -0.39 is 0 Å². The normalized spacial score (nSPS) is 25.7. The molecule has 1 saturated heterocycles. The Labute approximate surface area is 137 Å². The van der Waals surface area contributed by atoms with E-state index in [2.05, 4.69) is 59.9 Å². The highest BCUT2D eigenvalue weighted by molar-refractivity contribution is 5.88. The zero-order chi connectivity index (χ0) is 16.0. The van der Waals surface area contributed by atoms with Crippen LogP contribution in [-0.4, -0.2) is 28.0 Å². The van der Waals surface area contributed by atoms with Crippen molar-refractivity contribution in [2.75, 3.05) is 6.54 Å². The van der Waals surface area contributed by atoms with Crippen LogP contribution >= 0.6 is 0 Å². The van der Waals surface area contributed by atoms with Crippen molar-refractivity contribution in [2.24, 2.45) is 13.0 Å². The molecule has 1 fully saturated rings.